The highest BCUT2D eigenvalue weighted by atomic mass is 16.1. The summed E-state index contributed by atoms with van der Waals surface area (Å²) >= 11 is 0. The standard InChI is InChI=1S/C23H27N9O/c24-17-8-1-3-10-19(17)29-23-27-13-16(21(26)33)22(30-23)28-14-6-5-7-15(12-14)31-32-20-11-4-2-9-18(20)25/h2,4-7,9,11-13,17,19H,1,3,8,10,24-25H2,(H2,26,33)(H2,27,28,29,30)/t17-,19+/m0/s1. The van der Waals surface area contributed by atoms with Crippen molar-refractivity contribution in [3.8, 4) is 0 Å². The van der Waals surface area contributed by atoms with Gasteiger partial charge in [-0.3, -0.25) is 4.79 Å². The molecule has 2 aromatic carbocycles. The molecule has 33 heavy (non-hydrogen) atoms. The number of rotatable bonds is 7. The summed E-state index contributed by atoms with van der Waals surface area (Å²) in [6.07, 6.45) is 5.54. The fraction of sp³-hybridized carbons (Fsp3) is 0.261. The van der Waals surface area contributed by atoms with Crippen LogP contribution < -0.4 is 27.8 Å². The van der Waals surface area contributed by atoms with E-state index in [1.54, 1.807) is 24.3 Å². The minimum absolute atomic E-state index is 0.0373. The van der Waals surface area contributed by atoms with Crippen LogP contribution in [0.15, 0.2) is 65.0 Å². The van der Waals surface area contributed by atoms with Crippen LogP contribution in [0.2, 0.25) is 0 Å². The van der Waals surface area contributed by atoms with E-state index in [4.69, 9.17) is 17.2 Å². The van der Waals surface area contributed by atoms with Crippen molar-refractivity contribution in [2.24, 2.45) is 21.7 Å². The van der Waals surface area contributed by atoms with Crippen LogP contribution in [0.5, 0.6) is 0 Å². The fourth-order valence-electron chi connectivity index (χ4n) is 3.70. The molecule has 0 radical (unpaired) electrons. The molecule has 1 aliphatic rings. The van der Waals surface area contributed by atoms with E-state index in [2.05, 4.69) is 30.8 Å². The Morgan fingerprint density at radius 3 is 2.67 bits per heavy atom. The Morgan fingerprint density at radius 2 is 1.88 bits per heavy atom. The van der Waals surface area contributed by atoms with Crippen molar-refractivity contribution in [3.05, 3.63) is 60.3 Å². The summed E-state index contributed by atoms with van der Waals surface area (Å²) in [5.74, 6) is 0.0554. The van der Waals surface area contributed by atoms with Gasteiger partial charge in [0.2, 0.25) is 5.95 Å². The Balaban J connectivity index is 1.55. The van der Waals surface area contributed by atoms with Crippen molar-refractivity contribution < 1.29 is 4.79 Å². The highest BCUT2D eigenvalue weighted by Gasteiger charge is 2.23. The normalized spacial score (nSPS) is 18.2. The van der Waals surface area contributed by atoms with Crippen molar-refractivity contribution in [3.63, 3.8) is 0 Å². The van der Waals surface area contributed by atoms with Gasteiger partial charge in [0, 0.05) is 24.0 Å². The number of benzene rings is 2. The average Bonchev–Trinajstić information content (AvgIpc) is 2.80. The largest absolute Gasteiger partial charge is 0.397 e. The van der Waals surface area contributed by atoms with Gasteiger partial charge in [0.15, 0.2) is 0 Å². The van der Waals surface area contributed by atoms with E-state index in [1.807, 2.05) is 24.3 Å². The number of hydrogen-bond donors (Lipinski definition) is 5. The highest BCUT2D eigenvalue weighted by molar-refractivity contribution is 5.98. The number of carbonyl (C=O) groups is 1. The number of para-hydroxylation sites is 1. The van der Waals surface area contributed by atoms with Crippen LogP contribution in [0.3, 0.4) is 0 Å². The van der Waals surface area contributed by atoms with E-state index >= 15 is 0 Å². The maximum atomic E-state index is 11.9. The number of amides is 1. The topological polar surface area (TPSA) is 170 Å². The molecule has 1 amide bonds. The van der Waals surface area contributed by atoms with Gasteiger partial charge < -0.3 is 27.8 Å². The summed E-state index contributed by atoms with van der Waals surface area (Å²) in [5.41, 5.74) is 20.2. The maximum Gasteiger partial charge on any atom is 0.254 e. The Morgan fingerprint density at radius 1 is 1.06 bits per heavy atom. The second-order valence-electron chi connectivity index (χ2n) is 7.95. The first-order valence-corrected chi connectivity index (χ1v) is 10.8. The molecule has 0 spiro atoms. The summed E-state index contributed by atoms with van der Waals surface area (Å²) in [6.45, 7) is 0. The zero-order chi connectivity index (χ0) is 23.2. The molecule has 1 saturated carbocycles. The number of nitrogen functional groups attached to an aromatic ring is 1. The molecule has 0 unspecified atom stereocenters. The molecule has 8 N–H and O–H groups in total. The van der Waals surface area contributed by atoms with Crippen LogP contribution in [-0.2, 0) is 0 Å². The van der Waals surface area contributed by atoms with Crippen molar-refractivity contribution in [1.29, 1.82) is 0 Å². The van der Waals surface area contributed by atoms with Crippen LogP contribution in [0.4, 0.5) is 34.5 Å². The Bertz CT molecular complexity index is 1160. The van der Waals surface area contributed by atoms with Gasteiger partial charge in [0.25, 0.3) is 5.91 Å². The third-order valence-corrected chi connectivity index (χ3v) is 5.51. The van der Waals surface area contributed by atoms with Crippen LogP contribution in [0, 0.1) is 0 Å². The van der Waals surface area contributed by atoms with E-state index in [1.165, 1.54) is 6.20 Å². The maximum absolute atomic E-state index is 11.9. The second-order valence-corrected chi connectivity index (χ2v) is 7.95. The van der Waals surface area contributed by atoms with Crippen LogP contribution in [0.25, 0.3) is 0 Å². The van der Waals surface area contributed by atoms with Crippen LogP contribution in [-0.4, -0.2) is 28.0 Å². The number of primary amides is 1. The molecule has 2 atom stereocenters. The van der Waals surface area contributed by atoms with Crippen molar-refractivity contribution in [2.75, 3.05) is 16.4 Å². The SMILES string of the molecule is NC(=O)c1cnc(N[C@@H]2CCCC[C@@H]2N)nc1Nc1cccc(N=Nc2ccccc2N)c1. The molecule has 1 aromatic heterocycles. The van der Waals surface area contributed by atoms with Gasteiger partial charge in [-0.05, 0) is 43.2 Å². The van der Waals surface area contributed by atoms with E-state index in [-0.39, 0.29) is 17.6 Å². The molecule has 0 saturated heterocycles. The fourth-order valence-corrected chi connectivity index (χ4v) is 3.70. The van der Waals surface area contributed by atoms with Gasteiger partial charge in [0.05, 0.1) is 11.4 Å². The summed E-state index contributed by atoms with van der Waals surface area (Å²) in [5, 5.41) is 14.9. The van der Waals surface area contributed by atoms with E-state index in [0.29, 0.717) is 34.5 Å². The number of carbonyl (C=O) groups excluding carboxylic acids is 1. The van der Waals surface area contributed by atoms with Gasteiger partial charge in [-0.2, -0.15) is 10.1 Å². The molecule has 1 aliphatic carbocycles. The lowest BCUT2D eigenvalue weighted by Crippen LogP contribution is -2.43. The molecule has 4 rings (SSSR count). The zero-order valence-corrected chi connectivity index (χ0v) is 18.1. The molecule has 1 fully saturated rings. The van der Waals surface area contributed by atoms with Gasteiger partial charge in [-0.1, -0.05) is 31.0 Å². The van der Waals surface area contributed by atoms with Crippen molar-refractivity contribution in [1.82, 2.24) is 9.97 Å². The van der Waals surface area contributed by atoms with Gasteiger partial charge in [-0.15, -0.1) is 5.11 Å². The predicted octanol–water partition coefficient (Wildman–Crippen LogP) is 4.00. The summed E-state index contributed by atoms with van der Waals surface area (Å²) in [6, 6.07) is 14.6. The highest BCUT2D eigenvalue weighted by Crippen LogP contribution is 2.27. The van der Waals surface area contributed by atoms with Crippen LogP contribution in [0.1, 0.15) is 36.0 Å². The molecule has 1 heterocycles. The number of nitrogens with zero attached hydrogens (tertiary/aromatic N) is 4. The number of nitrogens with one attached hydrogen (secondary N) is 2. The molecule has 10 nitrogen and oxygen atoms in total. The summed E-state index contributed by atoms with van der Waals surface area (Å²) in [7, 11) is 0. The smallest absolute Gasteiger partial charge is 0.254 e. The number of aromatic nitrogens is 2. The Kier molecular flexibility index (Phi) is 6.75. The quantitative estimate of drug-likeness (QED) is 0.270. The number of anilines is 4. The predicted molar refractivity (Wildman–Crippen MR) is 129 cm³/mol. The lowest BCUT2D eigenvalue weighted by Gasteiger charge is -2.29. The molecule has 0 aliphatic heterocycles. The first kappa shape index (κ1) is 22.2. The molecule has 10 heteroatoms. The molecule has 170 valence electrons. The minimum atomic E-state index is -0.631. The van der Waals surface area contributed by atoms with Gasteiger partial charge in [0.1, 0.15) is 17.1 Å². The number of nitrogens with two attached hydrogens (primary N) is 3. The third kappa shape index (κ3) is 5.60. The second kappa shape index (κ2) is 10.0. The van der Waals surface area contributed by atoms with Gasteiger partial charge in [-0.25, -0.2) is 4.98 Å². The molecule has 0 bridgehead atoms. The number of azo groups is 1. The van der Waals surface area contributed by atoms with E-state index in [9.17, 15) is 4.79 Å². The van der Waals surface area contributed by atoms with Crippen LogP contribution >= 0.6 is 0 Å². The minimum Gasteiger partial charge on any atom is -0.397 e. The third-order valence-electron chi connectivity index (χ3n) is 5.51. The molecular formula is C23H27N9O. The Hall–Kier alpha value is -4.05. The molecule has 3 aromatic rings. The lowest BCUT2D eigenvalue weighted by molar-refractivity contribution is 0.100. The summed E-state index contributed by atoms with van der Waals surface area (Å²) in [4.78, 5) is 20.7. The van der Waals surface area contributed by atoms with Crippen molar-refractivity contribution in [2.45, 2.75) is 37.8 Å². The van der Waals surface area contributed by atoms with Crippen molar-refractivity contribution >= 4 is 40.4 Å². The van der Waals surface area contributed by atoms with E-state index in [0.717, 1.165) is 25.7 Å². The molecular weight excluding hydrogens is 418 g/mol. The zero-order valence-electron chi connectivity index (χ0n) is 18.1. The Labute approximate surface area is 191 Å². The first-order chi connectivity index (χ1) is 16.0. The first-order valence-electron chi connectivity index (χ1n) is 10.8. The van der Waals surface area contributed by atoms with Gasteiger partial charge >= 0.3 is 0 Å². The number of hydrogen-bond acceptors (Lipinski definition) is 9. The summed E-state index contributed by atoms with van der Waals surface area (Å²) < 4.78 is 0. The van der Waals surface area contributed by atoms with E-state index < -0.39 is 5.91 Å². The lowest BCUT2D eigenvalue weighted by atomic mass is 9.91. The average molecular weight is 446 g/mol. The monoisotopic (exact) mass is 445 g/mol.